The predicted molar refractivity (Wildman–Crippen MR) is 120 cm³/mol. The molecule has 7 nitrogen and oxygen atoms in total. The third-order valence-electron chi connectivity index (χ3n) is 5.44. The SMILES string of the molecule is Cc1ccc(N2C(=O)C(=O)/C(=C(\O)c3cccc([N+](=O)[O-])c3)C2c2cccc(C)c2)cc1. The Morgan fingerprint density at radius 3 is 2.28 bits per heavy atom. The van der Waals surface area contributed by atoms with Crippen LogP contribution in [0.25, 0.3) is 5.76 Å². The van der Waals surface area contributed by atoms with Gasteiger partial charge in [-0.2, -0.15) is 0 Å². The van der Waals surface area contributed by atoms with Crippen LogP contribution in [-0.4, -0.2) is 21.7 Å². The van der Waals surface area contributed by atoms with Crippen molar-refractivity contribution in [2.24, 2.45) is 0 Å². The van der Waals surface area contributed by atoms with Crippen molar-refractivity contribution in [3.8, 4) is 0 Å². The van der Waals surface area contributed by atoms with E-state index in [1.165, 1.54) is 29.2 Å². The van der Waals surface area contributed by atoms with Crippen LogP contribution >= 0.6 is 0 Å². The van der Waals surface area contributed by atoms with Crippen LogP contribution in [0.2, 0.25) is 0 Å². The lowest BCUT2D eigenvalue weighted by Crippen LogP contribution is -2.29. The highest BCUT2D eigenvalue weighted by atomic mass is 16.6. The number of ketones is 1. The molecule has 1 amide bonds. The van der Waals surface area contributed by atoms with E-state index in [9.17, 15) is 24.8 Å². The minimum absolute atomic E-state index is 0.0961. The van der Waals surface area contributed by atoms with Crippen molar-refractivity contribution in [1.29, 1.82) is 0 Å². The molecule has 1 N–H and O–H groups in total. The summed E-state index contributed by atoms with van der Waals surface area (Å²) < 4.78 is 0. The summed E-state index contributed by atoms with van der Waals surface area (Å²) >= 11 is 0. The van der Waals surface area contributed by atoms with E-state index in [4.69, 9.17) is 0 Å². The number of non-ortho nitro benzene ring substituents is 1. The van der Waals surface area contributed by atoms with Gasteiger partial charge in [0.25, 0.3) is 17.4 Å². The van der Waals surface area contributed by atoms with Crippen molar-refractivity contribution >= 4 is 28.8 Å². The predicted octanol–water partition coefficient (Wildman–Crippen LogP) is 4.84. The number of carbonyl (C=O) groups excluding carboxylic acids is 2. The van der Waals surface area contributed by atoms with Gasteiger partial charge in [-0.25, -0.2) is 0 Å². The molecule has 3 aromatic rings. The van der Waals surface area contributed by atoms with E-state index in [-0.39, 0.29) is 16.8 Å². The first kappa shape index (κ1) is 21.0. The van der Waals surface area contributed by atoms with Gasteiger partial charge in [0.15, 0.2) is 0 Å². The molecule has 0 spiro atoms. The highest BCUT2D eigenvalue weighted by Crippen LogP contribution is 2.42. The maximum absolute atomic E-state index is 13.1. The Kier molecular flexibility index (Phi) is 5.32. The number of rotatable bonds is 4. The Labute approximate surface area is 184 Å². The van der Waals surface area contributed by atoms with Crippen LogP contribution in [0.5, 0.6) is 0 Å². The number of nitrogens with zero attached hydrogens (tertiary/aromatic N) is 2. The lowest BCUT2D eigenvalue weighted by molar-refractivity contribution is -0.384. The molecule has 1 atom stereocenters. The summed E-state index contributed by atoms with van der Waals surface area (Å²) in [6.07, 6.45) is 0. The largest absolute Gasteiger partial charge is 0.507 e. The number of hydrogen-bond donors (Lipinski definition) is 1. The van der Waals surface area contributed by atoms with Crippen molar-refractivity contribution in [3.63, 3.8) is 0 Å². The van der Waals surface area contributed by atoms with E-state index in [0.29, 0.717) is 11.3 Å². The molecule has 0 bridgehead atoms. The number of hydrogen-bond acceptors (Lipinski definition) is 5. The van der Waals surface area contributed by atoms with Gasteiger partial charge in [0.05, 0.1) is 16.5 Å². The summed E-state index contributed by atoms with van der Waals surface area (Å²) in [6, 6.07) is 19.0. The van der Waals surface area contributed by atoms with E-state index in [2.05, 4.69) is 0 Å². The Hall–Kier alpha value is -4.26. The second-order valence-electron chi connectivity index (χ2n) is 7.73. The molecule has 160 valence electrons. The van der Waals surface area contributed by atoms with Crippen LogP contribution in [0.1, 0.15) is 28.3 Å². The Morgan fingerprint density at radius 1 is 0.938 bits per heavy atom. The summed E-state index contributed by atoms with van der Waals surface area (Å²) in [4.78, 5) is 38.2. The molecule has 0 aromatic heterocycles. The fraction of sp³-hybridized carbons (Fsp3) is 0.120. The zero-order chi connectivity index (χ0) is 23.0. The molecule has 1 aliphatic heterocycles. The van der Waals surface area contributed by atoms with Crippen LogP contribution < -0.4 is 4.90 Å². The number of nitro groups is 1. The first-order chi connectivity index (χ1) is 15.3. The monoisotopic (exact) mass is 428 g/mol. The quantitative estimate of drug-likeness (QED) is 0.211. The van der Waals surface area contributed by atoms with Crippen molar-refractivity contribution in [3.05, 3.63) is 111 Å². The maximum atomic E-state index is 13.1. The van der Waals surface area contributed by atoms with Gasteiger partial charge in [0.2, 0.25) is 0 Å². The van der Waals surface area contributed by atoms with E-state index in [1.54, 1.807) is 18.2 Å². The summed E-state index contributed by atoms with van der Waals surface area (Å²) in [5.41, 5.74) is 2.84. The maximum Gasteiger partial charge on any atom is 0.300 e. The number of amides is 1. The second-order valence-corrected chi connectivity index (χ2v) is 7.73. The molecule has 0 radical (unpaired) electrons. The van der Waals surface area contributed by atoms with Crippen molar-refractivity contribution in [1.82, 2.24) is 0 Å². The molecule has 1 unspecified atom stereocenters. The number of nitro benzene ring substituents is 1. The number of aryl methyl sites for hydroxylation is 2. The number of Topliss-reactive ketones (excluding diaryl/α,β-unsaturated/α-hetero) is 1. The molecule has 1 fully saturated rings. The van der Waals surface area contributed by atoms with E-state index in [0.717, 1.165) is 11.1 Å². The fourth-order valence-corrected chi connectivity index (χ4v) is 3.88. The Balaban J connectivity index is 1.95. The van der Waals surface area contributed by atoms with E-state index in [1.807, 2.05) is 44.2 Å². The molecular formula is C25H20N2O5. The third kappa shape index (κ3) is 3.65. The average Bonchev–Trinajstić information content (AvgIpc) is 3.04. The zero-order valence-corrected chi connectivity index (χ0v) is 17.5. The van der Waals surface area contributed by atoms with Crippen molar-refractivity contribution in [2.45, 2.75) is 19.9 Å². The van der Waals surface area contributed by atoms with Crippen LogP contribution in [-0.2, 0) is 9.59 Å². The van der Waals surface area contributed by atoms with Gasteiger partial charge < -0.3 is 5.11 Å². The standard InChI is InChI=1S/C25H20N2O5/c1-15-9-11-19(12-10-15)26-22(17-6-3-5-16(2)13-17)21(24(29)25(26)30)23(28)18-7-4-8-20(14-18)27(31)32/h3-14,22,28H,1-2H3/b23-21-. The molecule has 3 aromatic carbocycles. The van der Waals surface area contributed by atoms with Crippen LogP contribution in [0, 0.1) is 24.0 Å². The molecule has 7 heteroatoms. The van der Waals surface area contributed by atoms with Gasteiger partial charge in [0, 0.05) is 23.4 Å². The highest BCUT2D eigenvalue weighted by molar-refractivity contribution is 6.51. The smallest absolute Gasteiger partial charge is 0.300 e. The number of benzene rings is 3. The summed E-state index contributed by atoms with van der Waals surface area (Å²) in [6.45, 7) is 3.81. The van der Waals surface area contributed by atoms with E-state index < -0.39 is 28.4 Å². The molecule has 4 rings (SSSR count). The van der Waals surface area contributed by atoms with Gasteiger partial charge in [0.1, 0.15) is 5.76 Å². The first-order valence-corrected chi connectivity index (χ1v) is 9.97. The molecule has 0 aliphatic carbocycles. The zero-order valence-electron chi connectivity index (χ0n) is 17.5. The third-order valence-corrected chi connectivity index (χ3v) is 5.44. The molecule has 1 aliphatic rings. The van der Waals surface area contributed by atoms with Crippen molar-refractivity contribution < 1.29 is 19.6 Å². The minimum atomic E-state index is -0.878. The molecule has 1 saturated heterocycles. The Bertz CT molecular complexity index is 1280. The molecule has 1 heterocycles. The van der Waals surface area contributed by atoms with Crippen LogP contribution in [0.15, 0.2) is 78.4 Å². The summed E-state index contributed by atoms with van der Waals surface area (Å²) in [5, 5.41) is 22.3. The molecular weight excluding hydrogens is 408 g/mol. The van der Waals surface area contributed by atoms with Crippen molar-refractivity contribution in [2.75, 3.05) is 4.90 Å². The van der Waals surface area contributed by atoms with Gasteiger partial charge in [-0.15, -0.1) is 0 Å². The topological polar surface area (TPSA) is 101 Å². The number of aliphatic hydroxyl groups is 1. The summed E-state index contributed by atoms with van der Waals surface area (Å²) in [7, 11) is 0. The highest BCUT2D eigenvalue weighted by Gasteiger charge is 2.47. The normalized spacial score (nSPS) is 17.6. The lowest BCUT2D eigenvalue weighted by atomic mass is 9.94. The molecule has 0 saturated carbocycles. The lowest BCUT2D eigenvalue weighted by Gasteiger charge is -2.25. The minimum Gasteiger partial charge on any atom is -0.507 e. The molecule has 32 heavy (non-hydrogen) atoms. The number of carbonyl (C=O) groups is 2. The van der Waals surface area contributed by atoms with Gasteiger partial charge in [-0.3, -0.25) is 24.6 Å². The van der Waals surface area contributed by atoms with Gasteiger partial charge in [-0.05, 0) is 31.5 Å². The number of aliphatic hydroxyl groups excluding tert-OH is 1. The van der Waals surface area contributed by atoms with Gasteiger partial charge >= 0.3 is 0 Å². The average molecular weight is 428 g/mol. The Morgan fingerprint density at radius 2 is 1.62 bits per heavy atom. The first-order valence-electron chi connectivity index (χ1n) is 9.97. The number of anilines is 1. The fourth-order valence-electron chi connectivity index (χ4n) is 3.88. The van der Waals surface area contributed by atoms with Crippen LogP contribution in [0.4, 0.5) is 11.4 Å². The summed E-state index contributed by atoms with van der Waals surface area (Å²) in [5.74, 6) is -2.07. The van der Waals surface area contributed by atoms with Gasteiger partial charge in [-0.1, -0.05) is 59.7 Å². The van der Waals surface area contributed by atoms with Crippen LogP contribution in [0.3, 0.4) is 0 Å². The second kappa shape index (κ2) is 8.11. The van der Waals surface area contributed by atoms with E-state index >= 15 is 0 Å².